The Labute approximate surface area is 105 Å². The number of nitrogens with zero attached hydrogens (tertiary/aromatic N) is 1. The van der Waals surface area contributed by atoms with Crippen LogP contribution in [0.4, 0.5) is 13.9 Å². The molecule has 0 spiro atoms. The Bertz CT molecular complexity index is 585. The van der Waals surface area contributed by atoms with Crippen molar-refractivity contribution in [3.05, 3.63) is 46.5 Å². The highest BCUT2D eigenvalue weighted by atomic mass is 32.1. The Hall–Kier alpha value is -2.02. The lowest BCUT2D eigenvalue weighted by Crippen LogP contribution is -2.22. The van der Waals surface area contributed by atoms with Gasteiger partial charge in [0.2, 0.25) is 0 Å². The molecule has 0 aliphatic rings. The highest BCUT2D eigenvalue weighted by molar-refractivity contribution is 7.17. The van der Waals surface area contributed by atoms with Crippen LogP contribution >= 0.6 is 11.3 Å². The van der Waals surface area contributed by atoms with E-state index in [2.05, 4.69) is 10.3 Å². The second-order valence-electron chi connectivity index (χ2n) is 3.48. The van der Waals surface area contributed by atoms with E-state index in [1.54, 1.807) is 0 Å². The predicted molar refractivity (Wildman–Crippen MR) is 64.1 cm³/mol. The molecule has 2 aromatic rings. The quantitative estimate of drug-likeness (QED) is 0.894. The molecule has 4 nitrogen and oxygen atoms in total. The molecule has 1 aromatic heterocycles. The number of benzene rings is 1. The van der Waals surface area contributed by atoms with Crippen LogP contribution in [0.25, 0.3) is 0 Å². The minimum atomic E-state index is -0.695. The number of nitrogens with one attached hydrogen (secondary N) is 1. The Morgan fingerprint density at radius 3 is 2.83 bits per heavy atom. The molecule has 0 aliphatic carbocycles. The van der Waals surface area contributed by atoms with Gasteiger partial charge in [-0.15, -0.1) is 0 Å². The van der Waals surface area contributed by atoms with Crippen LogP contribution in [0.5, 0.6) is 0 Å². The van der Waals surface area contributed by atoms with Gasteiger partial charge >= 0.3 is 0 Å². The molecule has 0 radical (unpaired) electrons. The SMILES string of the molecule is Nc1ncc(C(=O)NCc2ccc(F)cc2F)s1. The molecule has 0 saturated heterocycles. The fraction of sp³-hybridized carbons (Fsp3) is 0.0909. The molecule has 1 heterocycles. The summed E-state index contributed by atoms with van der Waals surface area (Å²) in [4.78, 5) is 15.7. The zero-order chi connectivity index (χ0) is 13.1. The maximum atomic E-state index is 13.3. The highest BCUT2D eigenvalue weighted by Gasteiger charge is 2.10. The molecule has 0 aliphatic heterocycles. The first-order valence-corrected chi connectivity index (χ1v) is 5.81. The van der Waals surface area contributed by atoms with Crippen LogP contribution in [0.3, 0.4) is 0 Å². The first-order valence-electron chi connectivity index (χ1n) is 4.99. The number of nitrogens with two attached hydrogens (primary N) is 1. The monoisotopic (exact) mass is 269 g/mol. The van der Waals surface area contributed by atoms with Gasteiger partial charge in [-0.05, 0) is 6.07 Å². The first-order chi connectivity index (χ1) is 8.56. The van der Waals surface area contributed by atoms with Crippen molar-refractivity contribution in [2.75, 3.05) is 5.73 Å². The molecular weight excluding hydrogens is 260 g/mol. The maximum Gasteiger partial charge on any atom is 0.263 e. The number of carbonyl (C=O) groups is 1. The van der Waals surface area contributed by atoms with E-state index in [0.29, 0.717) is 4.88 Å². The van der Waals surface area contributed by atoms with Crippen molar-refractivity contribution in [2.45, 2.75) is 6.54 Å². The number of halogens is 2. The van der Waals surface area contributed by atoms with Gasteiger partial charge in [-0.1, -0.05) is 17.4 Å². The summed E-state index contributed by atoms with van der Waals surface area (Å²) in [5.74, 6) is -1.75. The van der Waals surface area contributed by atoms with Gasteiger partial charge in [0.25, 0.3) is 5.91 Å². The van der Waals surface area contributed by atoms with E-state index in [4.69, 9.17) is 5.73 Å². The van der Waals surface area contributed by atoms with Crippen molar-refractivity contribution in [3.8, 4) is 0 Å². The summed E-state index contributed by atoms with van der Waals surface area (Å²) in [6.45, 7) is -0.0250. The Morgan fingerprint density at radius 2 is 2.22 bits per heavy atom. The summed E-state index contributed by atoms with van der Waals surface area (Å²) in [6, 6.07) is 3.19. The zero-order valence-electron chi connectivity index (χ0n) is 9.11. The van der Waals surface area contributed by atoms with Crippen molar-refractivity contribution >= 4 is 22.4 Å². The topological polar surface area (TPSA) is 68.0 Å². The highest BCUT2D eigenvalue weighted by Crippen LogP contribution is 2.14. The average Bonchev–Trinajstić information content (AvgIpc) is 2.74. The van der Waals surface area contributed by atoms with Gasteiger partial charge in [0.1, 0.15) is 16.5 Å². The van der Waals surface area contributed by atoms with E-state index in [0.717, 1.165) is 23.5 Å². The van der Waals surface area contributed by atoms with Crippen LogP contribution in [0.1, 0.15) is 15.2 Å². The summed E-state index contributed by atoms with van der Waals surface area (Å²) in [5, 5.41) is 2.79. The van der Waals surface area contributed by atoms with Crippen LogP contribution in [-0.2, 0) is 6.54 Å². The van der Waals surface area contributed by atoms with Crippen LogP contribution in [0, 0.1) is 11.6 Å². The van der Waals surface area contributed by atoms with E-state index >= 15 is 0 Å². The van der Waals surface area contributed by atoms with Crippen LogP contribution in [0.15, 0.2) is 24.4 Å². The molecule has 3 N–H and O–H groups in total. The molecule has 2 rings (SSSR count). The Morgan fingerprint density at radius 1 is 1.44 bits per heavy atom. The third kappa shape index (κ3) is 2.80. The fourth-order valence-electron chi connectivity index (χ4n) is 1.32. The number of hydrogen-bond donors (Lipinski definition) is 2. The second-order valence-corrected chi connectivity index (χ2v) is 4.54. The lowest BCUT2D eigenvalue weighted by atomic mass is 10.2. The van der Waals surface area contributed by atoms with E-state index in [1.807, 2.05) is 0 Å². The lowest BCUT2D eigenvalue weighted by Gasteiger charge is -2.04. The Balaban J connectivity index is 2.01. The fourth-order valence-corrected chi connectivity index (χ4v) is 1.92. The van der Waals surface area contributed by atoms with E-state index < -0.39 is 17.5 Å². The lowest BCUT2D eigenvalue weighted by molar-refractivity contribution is 0.0954. The molecule has 1 aromatic carbocycles. The smallest absolute Gasteiger partial charge is 0.263 e. The van der Waals surface area contributed by atoms with Gasteiger partial charge in [-0.2, -0.15) is 0 Å². The molecule has 0 unspecified atom stereocenters. The van der Waals surface area contributed by atoms with E-state index in [9.17, 15) is 13.6 Å². The molecular formula is C11H9F2N3OS. The zero-order valence-corrected chi connectivity index (χ0v) is 9.93. The molecule has 0 saturated carbocycles. The number of anilines is 1. The van der Waals surface area contributed by atoms with Gasteiger partial charge in [-0.3, -0.25) is 4.79 Å². The number of carbonyl (C=O) groups excluding carboxylic acids is 1. The summed E-state index contributed by atoms with van der Waals surface area (Å²) in [7, 11) is 0. The number of nitrogen functional groups attached to an aromatic ring is 1. The molecule has 94 valence electrons. The van der Waals surface area contributed by atoms with Crippen LogP contribution < -0.4 is 11.1 Å². The van der Waals surface area contributed by atoms with Crippen LogP contribution in [-0.4, -0.2) is 10.9 Å². The molecule has 0 bridgehead atoms. The third-order valence-corrected chi connectivity index (χ3v) is 3.03. The van der Waals surface area contributed by atoms with Crippen molar-refractivity contribution in [1.29, 1.82) is 0 Å². The average molecular weight is 269 g/mol. The van der Waals surface area contributed by atoms with Crippen molar-refractivity contribution in [1.82, 2.24) is 10.3 Å². The number of thiazole rings is 1. The second kappa shape index (κ2) is 5.09. The number of rotatable bonds is 3. The number of hydrogen-bond acceptors (Lipinski definition) is 4. The standard InChI is InChI=1S/C11H9F2N3OS/c12-7-2-1-6(8(13)3-7)4-15-10(17)9-5-16-11(14)18-9/h1-3,5H,4H2,(H2,14,16)(H,15,17). The number of amides is 1. The van der Waals surface area contributed by atoms with Gasteiger partial charge in [0.15, 0.2) is 5.13 Å². The largest absolute Gasteiger partial charge is 0.375 e. The van der Waals surface area contributed by atoms with Crippen LogP contribution in [0.2, 0.25) is 0 Å². The van der Waals surface area contributed by atoms with Crippen molar-refractivity contribution in [2.24, 2.45) is 0 Å². The van der Waals surface area contributed by atoms with E-state index in [1.165, 1.54) is 12.3 Å². The Kier molecular flexibility index (Phi) is 3.52. The molecule has 0 fully saturated rings. The van der Waals surface area contributed by atoms with E-state index in [-0.39, 0.29) is 17.2 Å². The maximum absolute atomic E-state index is 13.3. The van der Waals surface area contributed by atoms with Gasteiger partial charge < -0.3 is 11.1 Å². The summed E-state index contributed by atoms with van der Waals surface area (Å²) < 4.78 is 26.0. The molecule has 1 amide bonds. The van der Waals surface area contributed by atoms with Crippen molar-refractivity contribution in [3.63, 3.8) is 0 Å². The summed E-state index contributed by atoms with van der Waals surface area (Å²) >= 11 is 1.04. The minimum Gasteiger partial charge on any atom is -0.375 e. The van der Waals surface area contributed by atoms with Gasteiger partial charge in [0.05, 0.1) is 6.20 Å². The predicted octanol–water partition coefficient (Wildman–Crippen LogP) is 1.93. The van der Waals surface area contributed by atoms with Gasteiger partial charge in [0, 0.05) is 18.2 Å². The normalized spacial score (nSPS) is 10.3. The summed E-state index contributed by atoms with van der Waals surface area (Å²) in [6.07, 6.45) is 1.34. The van der Waals surface area contributed by atoms with Crippen molar-refractivity contribution < 1.29 is 13.6 Å². The minimum absolute atomic E-state index is 0.0250. The molecule has 18 heavy (non-hydrogen) atoms. The first kappa shape index (κ1) is 12.4. The number of aromatic nitrogens is 1. The molecule has 0 atom stereocenters. The third-order valence-electron chi connectivity index (χ3n) is 2.20. The summed E-state index contributed by atoms with van der Waals surface area (Å²) in [5.41, 5.74) is 5.60. The van der Waals surface area contributed by atoms with Gasteiger partial charge in [-0.25, -0.2) is 13.8 Å². The molecule has 7 heteroatoms.